The molecule has 21 heavy (non-hydrogen) atoms. The highest BCUT2D eigenvalue weighted by Crippen LogP contribution is 2.12. The molecule has 7 heteroatoms. The van der Waals surface area contributed by atoms with Crippen molar-refractivity contribution in [2.24, 2.45) is 0 Å². The van der Waals surface area contributed by atoms with E-state index in [9.17, 15) is 0 Å². The molecule has 7 nitrogen and oxygen atoms in total. The molecule has 0 aliphatic carbocycles. The third kappa shape index (κ3) is 3.48. The Balaban J connectivity index is 1.51. The van der Waals surface area contributed by atoms with Crippen molar-refractivity contribution in [3.8, 4) is 0 Å². The first kappa shape index (κ1) is 14.2. The maximum absolute atomic E-state index is 5.64. The largest absolute Gasteiger partial charge is 0.377 e. The lowest BCUT2D eigenvalue weighted by Crippen LogP contribution is -2.18. The van der Waals surface area contributed by atoms with E-state index < -0.39 is 0 Å². The molecule has 0 saturated carbocycles. The van der Waals surface area contributed by atoms with Gasteiger partial charge >= 0.3 is 0 Å². The molecule has 2 aromatic rings. The van der Waals surface area contributed by atoms with E-state index in [0.717, 1.165) is 43.9 Å². The first-order chi connectivity index (χ1) is 10.4. The first-order valence-corrected chi connectivity index (χ1v) is 7.49. The lowest BCUT2D eigenvalue weighted by Gasteiger charge is -2.12. The Kier molecular flexibility index (Phi) is 4.62. The number of hydrogen-bond acceptors (Lipinski definition) is 6. The minimum absolute atomic E-state index is 0.277. The van der Waals surface area contributed by atoms with Crippen LogP contribution in [0.2, 0.25) is 0 Å². The third-order valence-corrected chi connectivity index (χ3v) is 3.55. The van der Waals surface area contributed by atoms with E-state index in [1.54, 1.807) is 4.52 Å². The molecule has 3 rings (SSSR count). The summed E-state index contributed by atoms with van der Waals surface area (Å²) in [5.74, 6) is 1.52. The molecule has 0 radical (unpaired) electrons. The number of nitrogens with zero attached hydrogens (tertiary/aromatic N) is 4. The van der Waals surface area contributed by atoms with Gasteiger partial charge in [0.15, 0.2) is 0 Å². The topological polar surface area (TPSA) is 73.6 Å². The standard InChI is InChI=1S/C14H21N5O2/c1-2-11-8-13(19-14(18-11)16-10-17-19)15-5-7-20-9-12-4-3-6-21-12/h8,10,12,15H,2-7,9H2,1H3. The summed E-state index contributed by atoms with van der Waals surface area (Å²) in [5, 5.41) is 7.50. The molecule has 0 bridgehead atoms. The fourth-order valence-corrected chi connectivity index (χ4v) is 2.41. The van der Waals surface area contributed by atoms with E-state index in [1.807, 2.05) is 6.07 Å². The monoisotopic (exact) mass is 291 g/mol. The molecule has 1 N–H and O–H groups in total. The summed E-state index contributed by atoms with van der Waals surface area (Å²) in [7, 11) is 0. The Hall–Kier alpha value is -1.73. The van der Waals surface area contributed by atoms with Crippen LogP contribution in [-0.4, -0.2) is 52.1 Å². The average Bonchev–Trinajstić information content (AvgIpc) is 3.17. The Bertz CT molecular complexity index is 580. The normalized spacial score (nSPS) is 18.4. The van der Waals surface area contributed by atoms with Gasteiger partial charge in [-0.15, -0.1) is 0 Å². The third-order valence-electron chi connectivity index (χ3n) is 3.55. The number of rotatable bonds is 7. The molecule has 1 saturated heterocycles. The average molecular weight is 291 g/mol. The van der Waals surface area contributed by atoms with Gasteiger partial charge in [-0.05, 0) is 19.3 Å². The summed E-state index contributed by atoms with van der Waals surface area (Å²) in [4.78, 5) is 8.55. The summed E-state index contributed by atoms with van der Waals surface area (Å²) < 4.78 is 12.9. The number of hydrogen-bond donors (Lipinski definition) is 1. The highest BCUT2D eigenvalue weighted by molar-refractivity contribution is 5.44. The van der Waals surface area contributed by atoms with Crippen LogP contribution in [0.25, 0.3) is 5.78 Å². The van der Waals surface area contributed by atoms with Crippen molar-refractivity contribution in [3.05, 3.63) is 18.1 Å². The van der Waals surface area contributed by atoms with Crippen molar-refractivity contribution >= 4 is 11.6 Å². The van der Waals surface area contributed by atoms with Crippen LogP contribution >= 0.6 is 0 Å². The fraction of sp³-hybridized carbons (Fsp3) is 0.643. The molecule has 1 fully saturated rings. The van der Waals surface area contributed by atoms with Crippen molar-refractivity contribution in [1.29, 1.82) is 0 Å². The Morgan fingerprint density at radius 3 is 3.29 bits per heavy atom. The van der Waals surface area contributed by atoms with Crippen LogP contribution < -0.4 is 5.32 Å². The van der Waals surface area contributed by atoms with Crippen molar-refractivity contribution in [1.82, 2.24) is 19.6 Å². The second kappa shape index (κ2) is 6.82. The van der Waals surface area contributed by atoms with Crippen molar-refractivity contribution in [3.63, 3.8) is 0 Å². The molecular weight excluding hydrogens is 270 g/mol. The second-order valence-electron chi connectivity index (χ2n) is 5.09. The highest BCUT2D eigenvalue weighted by Gasteiger charge is 2.15. The van der Waals surface area contributed by atoms with Gasteiger partial charge in [-0.25, -0.2) is 4.98 Å². The summed E-state index contributed by atoms with van der Waals surface area (Å²) in [6.07, 6.45) is 4.92. The van der Waals surface area contributed by atoms with Gasteiger partial charge in [-0.2, -0.15) is 14.6 Å². The SMILES string of the molecule is CCc1cc(NCCOCC2CCCO2)n2ncnc2n1. The van der Waals surface area contributed by atoms with E-state index in [4.69, 9.17) is 9.47 Å². The van der Waals surface area contributed by atoms with E-state index in [-0.39, 0.29) is 6.10 Å². The minimum Gasteiger partial charge on any atom is -0.377 e. The summed E-state index contributed by atoms with van der Waals surface area (Å²) in [5.41, 5.74) is 0.998. The maximum Gasteiger partial charge on any atom is 0.254 e. The van der Waals surface area contributed by atoms with Crippen LogP contribution in [0.1, 0.15) is 25.5 Å². The van der Waals surface area contributed by atoms with Crippen LogP contribution in [0.4, 0.5) is 5.82 Å². The molecule has 1 unspecified atom stereocenters. The fourth-order valence-electron chi connectivity index (χ4n) is 2.41. The van der Waals surface area contributed by atoms with Gasteiger partial charge in [0.1, 0.15) is 12.1 Å². The van der Waals surface area contributed by atoms with Crippen LogP contribution in [0.15, 0.2) is 12.4 Å². The Labute approximate surface area is 123 Å². The zero-order valence-corrected chi connectivity index (χ0v) is 12.3. The lowest BCUT2D eigenvalue weighted by molar-refractivity contribution is 0.0206. The Morgan fingerprint density at radius 1 is 1.52 bits per heavy atom. The summed E-state index contributed by atoms with van der Waals surface area (Å²) in [6, 6.07) is 2.00. The Morgan fingerprint density at radius 2 is 2.48 bits per heavy atom. The van der Waals surface area contributed by atoms with E-state index in [0.29, 0.717) is 19.0 Å². The van der Waals surface area contributed by atoms with Gasteiger partial charge in [0.2, 0.25) is 0 Å². The number of ether oxygens (including phenoxy) is 2. The molecule has 114 valence electrons. The smallest absolute Gasteiger partial charge is 0.254 e. The quantitative estimate of drug-likeness (QED) is 0.775. The van der Waals surface area contributed by atoms with E-state index >= 15 is 0 Å². The summed E-state index contributed by atoms with van der Waals surface area (Å²) in [6.45, 7) is 4.97. The molecule has 1 aliphatic heterocycles. The van der Waals surface area contributed by atoms with Crippen LogP contribution in [-0.2, 0) is 15.9 Å². The maximum atomic E-state index is 5.64. The number of aromatic nitrogens is 4. The van der Waals surface area contributed by atoms with Gasteiger partial charge in [0.05, 0.1) is 19.3 Å². The predicted octanol–water partition coefficient (Wildman–Crippen LogP) is 1.29. The molecule has 0 amide bonds. The van der Waals surface area contributed by atoms with Crippen LogP contribution in [0, 0.1) is 0 Å². The lowest BCUT2D eigenvalue weighted by atomic mass is 10.2. The predicted molar refractivity (Wildman–Crippen MR) is 78.4 cm³/mol. The molecule has 1 aliphatic rings. The van der Waals surface area contributed by atoms with Gasteiger partial charge < -0.3 is 14.8 Å². The number of nitrogens with one attached hydrogen (secondary N) is 1. The molecule has 2 aromatic heterocycles. The van der Waals surface area contributed by atoms with Gasteiger partial charge in [-0.1, -0.05) is 6.92 Å². The summed E-state index contributed by atoms with van der Waals surface area (Å²) >= 11 is 0. The number of anilines is 1. The molecular formula is C14H21N5O2. The number of aryl methyl sites for hydroxylation is 1. The molecule has 3 heterocycles. The van der Waals surface area contributed by atoms with Crippen molar-refractivity contribution < 1.29 is 9.47 Å². The first-order valence-electron chi connectivity index (χ1n) is 7.49. The van der Waals surface area contributed by atoms with Crippen molar-refractivity contribution in [2.75, 3.05) is 31.7 Å². The second-order valence-corrected chi connectivity index (χ2v) is 5.09. The zero-order valence-electron chi connectivity index (χ0n) is 12.3. The van der Waals surface area contributed by atoms with E-state index in [2.05, 4.69) is 27.3 Å². The van der Waals surface area contributed by atoms with Crippen LogP contribution in [0.3, 0.4) is 0 Å². The number of fused-ring (bicyclic) bond motifs is 1. The van der Waals surface area contributed by atoms with E-state index in [1.165, 1.54) is 6.33 Å². The highest BCUT2D eigenvalue weighted by atomic mass is 16.5. The zero-order chi connectivity index (χ0) is 14.5. The van der Waals surface area contributed by atoms with Gasteiger partial charge in [0, 0.05) is 24.9 Å². The molecule has 1 atom stereocenters. The van der Waals surface area contributed by atoms with Crippen molar-refractivity contribution in [2.45, 2.75) is 32.3 Å². The molecule has 0 aromatic carbocycles. The molecule has 0 spiro atoms. The van der Waals surface area contributed by atoms with Crippen LogP contribution in [0.5, 0.6) is 0 Å². The van der Waals surface area contributed by atoms with Gasteiger partial charge in [-0.3, -0.25) is 0 Å². The van der Waals surface area contributed by atoms with Gasteiger partial charge in [0.25, 0.3) is 5.78 Å². The minimum atomic E-state index is 0.277.